The van der Waals surface area contributed by atoms with Gasteiger partial charge in [-0.3, -0.25) is 0 Å². The Balaban J connectivity index is 2.37. The van der Waals surface area contributed by atoms with Crippen LogP contribution in [0.3, 0.4) is 0 Å². The summed E-state index contributed by atoms with van der Waals surface area (Å²) in [6.45, 7) is 5.52. The van der Waals surface area contributed by atoms with E-state index in [1.807, 2.05) is 0 Å². The number of ether oxygens (including phenoxy) is 1. The van der Waals surface area contributed by atoms with Crippen LogP contribution in [0.15, 0.2) is 29.4 Å². The molecule has 0 radical (unpaired) electrons. The fourth-order valence-corrected chi connectivity index (χ4v) is 2.64. The number of hydrogen-bond donors (Lipinski definition) is 1. The Bertz CT molecular complexity index is 535. The maximum atomic E-state index is 11.9. The minimum Gasteiger partial charge on any atom is -0.444 e. The molecule has 0 aliphatic heterocycles. The van der Waals surface area contributed by atoms with E-state index in [-0.39, 0.29) is 17.3 Å². The molecule has 0 spiro atoms. The molecule has 0 aromatic carbocycles. The van der Waals surface area contributed by atoms with Gasteiger partial charge in [0.05, 0.1) is 5.75 Å². The first-order chi connectivity index (χ1) is 9.21. The van der Waals surface area contributed by atoms with Gasteiger partial charge in [-0.25, -0.2) is 18.2 Å². The van der Waals surface area contributed by atoms with Gasteiger partial charge >= 0.3 is 6.09 Å². The molecular formula is C13H20N2O4S. The molecule has 0 aliphatic carbocycles. The van der Waals surface area contributed by atoms with E-state index < -0.39 is 21.5 Å². The molecule has 112 valence electrons. The van der Waals surface area contributed by atoms with E-state index in [4.69, 9.17) is 4.74 Å². The minimum atomic E-state index is -3.40. The molecule has 20 heavy (non-hydrogen) atoms. The zero-order valence-corrected chi connectivity index (χ0v) is 12.7. The summed E-state index contributed by atoms with van der Waals surface area (Å²) in [7, 11) is -3.40. The van der Waals surface area contributed by atoms with E-state index in [0.717, 1.165) is 0 Å². The van der Waals surface area contributed by atoms with Crippen molar-refractivity contribution < 1.29 is 17.9 Å². The fraction of sp³-hybridized carbons (Fsp3) is 0.538. The molecule has 0 unspecified atom stereocenters. The second kappa shape index (κ2) is 6.69. The van der Waals surface area contributed by atoms with Crippen LogP contribution in [0.25, 0.3) is 0 Å². The standard InChI is InChI=1S/C13H20N2O4S/c1-13(2,3)19-12(16)15-9-6-10-20(17,18)11-7-4-5-8-14-11/h4-5,7-8H,6,9-10H2,1-3H3,(H,15,16). The van der Waals surface area contributed by atoms with Crippen LogP contribution in [0.4, 0.5) is 4.79 Å². The molecule has 1 aromatic heterocycles. The molecule has 6 nitrogen and oxygen atoms in total. The van der Waals surface area contributed by atoms with Crippen LogP contribution in [-0.2, 0) is 14.6 Å². The van der Waals surface area contributed by atoms with Crippen LogP contribution < -0.4 is 5.32 Å². The number of nitrogens with one attached hydrogen (secondary N) is 1. The van der Waals surface area contributed by atoms with Crippen LogP contribution in [0.2, 0.25) is 0 Å². The monoisotopic (exact) mass is 300 g/mol. The second-order valence-electron chi connectivity index (χ2n) is 5.27. The van der Waals surface area contributed by atoms with E-state index >= 15 is 0 Å². The highest BCUT2D eigenvalue weighted by Crippen LogP contribution is 2.08. The van der Waals surface area contributed by atoms with Gasteiger partial charge in [0, 0.05) is 12.7 Å². The van der Waals surface area contributed by atoms with Crippen molar-refractivity contribution in [2.24, 2.45) is 0 Å². The number of rotatable bonds is 5. The number of alkyl carbamates (subject to hydrolysis) is 1. The first kappa shape index (κ1) is 16.4. The molecule has 1 aromatic rings. The highest BCUT2D eigenvalue weighted by atomic mass is 32.2. The molecule has 0 atom stereocenters. The molecule has 1 rings (SSSR count). The first-order valence-corrected chi connectivity index (χ1v) is 7.96. The van der Waals surface area contributed by atoms with E-state index in [1.54, 1.807) is 32.9 Å². The van der Waals surface area contributed by atoms with Crippen LogP contribution in [0.5, 0.6) is 0 Å². The normalized spacial score (nSPS) is 11.9. The average Bonchev–Trinajstić information content (AvgIpc) is 2.34. The van der Waals surface area contributed by atoms with Gasteiger partial charge in [0.25, 0.3) is 0 Å². The Morgan fingerprint density at radius 3 is 2.60 bits per heavy atom. The number of pyridine rings is 1. The summed E-state index contributed by atoms with van der Waals surface area (Å²) in [5, 5.41) is 2.57. The number of nitrogens with zero attached hydrogens (tertiary/aromatic N) is 1. The summed E-state index contributed by atoms with van der Waals surface area (Å²) in [6, 6.07) is 4.73. The third-order valence-corrected chi connectivity index (χ3v) is 3.92. The summed E-state index contributed by atoms with van der Waals surface area (Å²) in [4.78, 5) is 15.2. The molecular weight excluding hydrogens is 280 g/mol. The third kappa shape index (κ3) is 6.01. The molecule has 0 saturated carbocycles. The van der Waals surface area contributed by atoms with Crippen molar-refractivity contribution >= 4 is 15.9 Å². The molecule has 7 heteroatoms. The van der Waals surface area contributed by atoms with Crippen molar-refractivity contribution in [1.29, 1.82) is 0 Å². The Hall–Kier alpha value is -1.63. The summed E-state index contributed by atoms with van der Waals surface area (Å²) < 4.78 is 28.8. The van der Waals surface area contributed by atoms with Gasteiger partial charge in [-0.1, -0.05) is 6.07 Å². The number of carbonyl (C=O) groups is 1. The average molecular weight is 300 g/mol. The predicted octanol–water partition coefficient (Wildman–Crippen LogP) is 1.77. The van der Waals surface area contributed by atoms with Crippen molar-refractivity contribution in [3.63, 3.8) is 0 Å². The first-order valence-electron chi connectivity index (χ1n) is 6.31. The van der Waals surface area contributed by atoms with Gasteiger partial charge in [-0.05, 0) is 39.3 Å². The van der Waals surface area contributed by atoms with Gasteiger partial charge in [0.15, 0.2) is 14.9 Å². The lowest BCUT2D eigenvalue weighted by Gasteiger charge is -2.19. The number of aromatic nitrogens is 1. The lowest BCUT2D eigenvalue weighted by atomic mass is 10.2. The highest BCUT2D eigenvalue weighted by molar-refractivity contribution is 7.91. The maximum absolute atomic E-state index is 11.9. The van der Waals surface area contributed by atoms with Crippen LogP contribution >= 0.6 is 0 Å². The summed E-state index contributed by atoms with van der Waals surface area (Å²) >= 11 is 0. The maximum Gasteiger partial charge on any atom is 0.407 e. The topological polar surface area (TPSA) is 85.4 Å². The summed E-state index contributed by atoms with van der Waals surface area (Å²) in [6.07, 6.45) is 1.19. The summed E-state index contributed by atoms with van der Waals surface area (Å²) in [5.41, 5.74) is -0.565. The van der Waals surface area contributed by atoms with Gasteiger partial charge in [-0.2, -0.15) is 0 Å². The number of amides is 1. The summed E-state index contributed by atoms with van der Waals surface area (Å²) in [5.74, 6) is -0.0696. The third-order valence-electron chi connectivity index (χ3n) is 2.21. The lowest BCUT2D eigenvalue weighted by Crippen LogP contribution is -2.33. The SMILES string of the molecule is CC(C)(C)OC(=O)NCCCS(=O)(=O)c1ccccn1. The largest absolute Gasteiger partial charge is 0.444 e. The Labute approximate surface area is 119 Å². The van der Waals surface area contributed by atoms with Crippen LogP contribution in [-0.4, -0.2) is 37.4 Å². The van der Waals surface area contributed by atoms with Crippen molar-refractivity contribution in [3.05, 3.63) is 24.4 Å². The van der Waals surface area contributed by atoms with Crippen molar-refractivity contribution in [2.75, 3.05) is 12.3 Å². The molecule has 0 saturated heterocycles. The number of sulfone groups is 1. The second-order valence-corrected chi connectivity index (χ2v) is 7.33. The van der Waals surface area contributed by atoms with Gasteiger partial charge in [-0.15, -0.1) is 0 Å². The van der Waals surface area contributed by atoms with Crippen molar-refractivity contribution in [1.82, 2.24) is 10.3 Å². The zero-order valence-electron chi connectivity index (χ0n) is 11.9. The molecule has 0 fully saturated rings. The van der Waals surface area contributed by atoms with E-state index in [9.17, 15) is 13.2 Å². The lowest BCUT2D eigenvalue weighted by molar-refractivity contribution is 0.0528. The van der Waals surface area contributed by atoms with Crippen LogP contribution in [0, 0.1) is 0 Å². The van der Waals surface area contributed by atoms with Crippen LogP contribution in [0.1, 0.15) is 27.2 Å². The highest BCUT2D eigenvalue weighted by Gasteiger charge is 2.17. The number of carbonyl (C=O) groups excluding carboxylic acids is 1. The van der Waals surface area contributed by atoms with E-state index in [0.29, 0.717) is 6.42 Å². The molecule has 1 heterocycles. The Morgan fingerprint density at radius 1 is 1.35 bits per heavy atom. The van der Waals surface area contributed by atoms with Gasteiger partial charge in [0.1, 0.15) is 5.60 Å². The van der Waals surface area contributed by atoms with Gasteiger partial charge < -0.3 is 10.1 Å². The van der Waals surface area contributed by atoms with E-state index in [2.05, 4.69) is 10.3 Å². The predicted molar refractivity (Wildman–Crippen MR) is 75.1 cm³/mol. The zero-order chi connectivity index (χ0) is 15.2. The minimum absolute atomic E-state index is 0.0530. The quantitative estimate of drug-likeness (QED) is 0.838. The number of hydrogen-bond acceptors (Lipinski definition) is 5. The molecule has 0 bridgehead atoms. The Kier molecular flexibility index (Phi) is 5.50. The molecule has 0 aliphatic rings. The Morgan fingerprint density at radius 2 is 2.05 bits per heavy atom. The molecule has 1 N–H and O–H groups in total. The fourth-order valence-electron chi connectivity index (χ4n) is 1.40. The van der Waals surface area contributed by atoms with Crippen molar-refractivity contribution in [2.45, 2.75) is 37.8 Å². The van der Waals surface area contributed by atoms with Gasteiger partial charge in [0.2, 0.25) is 0 Å². The van der Waals surface area contributed by atoms with Crippen molar-refractivity contribution in [3.8, 4) is 0 Å². The molecule has 1 amide bonds. The smallest absolute Gasteiger partial charge is 0.407 e. The van der Waals surface area contributed by atoms with E-state index in [1.165, 1.54) is 12.3 Å².